The van der Waals surface area contributed by atoms with E-state index in [9.17, 15) is 8.42 Å². The third-order valence-corrected chi connectivity index (χ3v) is 5.98. The number of nitrogens with zero attached hydrogens (tertiary/aromatic N) is 2. The number of hydrogen-bond donors (Lipinski definition) is 2. The van der Waals surface area contributed by atoms with Crippen molar-refractivity contribution in [2.75, 3.05) is 4.72 Å². The van der Waals surface area contributed by atoms with Crippen LogP contribution in [-0.2, 0) is 10.0 Å². The van der Waals surface area contributed by atoms with Crippen molar-refractivity contribution in [3.05, 3.63) is 70.8 Å². The minimum Gasteiger partial charge on any atom is -0.457 e. The molecule has 0 aliphatic heterocycles. The summed E-state index contributed by atoms with van der Waals surface area (Å²) in [5, 5.41) is 8.88. The van der Waals surface area contributed by atoms with Gasteiger partial charge < -0.3 is 4.74 Å². The van der Waals surface area contributed by atoms with Gasteiger partial charge in [-0.15, -0.1) is 11.3 Å². The number of aromatic nitrogens is 3. The molecule has 10 heteroatoms. The van der Waals surface area contributed by atoms with Crippen molar-refractivity contribution in [2.24, 2.45) is 0 Å². The van der Waals surface area contributed by atoms with E-state index >= 15 is 0 Å². The van der Waals surface area contributed by atoms with Crippen LogP contribution in [0.15, 0.2) is 70.6 Å². The lowest BCUT2D eigenvalue weighted by atomic mass is 10.1. The Balaban J connectivity index is 1.58. The summed E-state index contributed by atoms with van der Waals surface area (Å²) >= 11 is 7.41. The van der Waals surface area contributed by atoms with Crippen molar-refractivity contribution in [1.82, 2.24) is 15.2 Å². The molecule has 0 spiro atoms. The highest BCUT2D eigenvalue weighted by Crippen LogP contribution is 2.35. The van der Waals surface area contributed by atoms with Crippen LogP contribution < -0.4 is 9.46 Å². The Hall–Kier alpha value is -2.88. The van der Waals surface area contributed by atoms with Crippen LogP contribution in [0.5, 0.6) is 11.5 Å². The van der Waals surface area contributed by atoms with E-state index in [-0.39, 0.29) is 10.7 Å². The van der Waals surface area contributed by atoms with E-state index in [1.165, 1.54) is 23.5 Å². The highest BCUT2D eigenvalue weighted by molar-refractivity contribution is 7.92. The second kappa shape index (κ2) is 7.63. The summed E-state index contributed by atoms with van der Waals surface area (Å²) < 4.78 is 33.2. The first-order valence-corrected chi connectivity index (χ1v) is 10.8. The van der Waals surface area contributed by atoms with Crippen LogP contribution in [0.1, 0.15) is 0 Å². The molecule has 2 aromatic carbocycles. The van der Waals surface area contributed by atoms with Gasteiger partial charge in [0.05, 0.1) is 16.6 Å². The molecule has 0 saturated heterocycles. The van der Waals surface area contributed by atoms with Gasteiger partial charge in [0.2, 0.25) is 0 Å². The standard InChI is InChI=1S/C18H13ClN4O3S2/c19-13-1-6-17(16(7-13)12-8-21-22-9-12)26-14-2-4-15(5-3-14)28(24,25)23-18-10-27-11-20-18/h1-11,23H,(H,21,22). The Morgan fingerprint density at radius 1 is 1.14 bits per heavy atom. The van der Waals surface area contributed by atoms with Crippen LogP contribution in [0.4, 0.5) is 5.82 Å². The van der Waals surface area contributed by atoms with E-state index in [0.29, 0.717) is 16.5 Å². The Kier molecular flexibility index (Phi) is 5.03. The number of nitrogens with one attached hydrogen (secondary N) is 2. The largest absolute Gasteiger partial charge is 0.457 e. The molecular weight excluding hydrogens is 420 g/mol. The summed E-state index contributed by atoms with van der Waals surface area (Å²) in [5.41, 5.74) is 3.14. The number of rotatable bonds is 6. The van der Waals surface area contributed by atoms with Crippen LogP contribution in [-0.4, -0.2) is 23.6 Å². The van der Waals surface area contributed by atoms with E-state index in [1.54, 1.807) is 53.6 Å². The van der Waals surface area contributed by atoms with Crippen LogP contribution in [0.2, 0.25) is 5.02 Å². The normalized spacial score (nSPS) is 11.3. The molecule has 0 atom stereocenters. The highest BCUT2D eigenvalue weighted by Gasteiger charge is 2.16. The Labute approximate surface area is 170 Å². The lowest BCUT2D eigenvalue weighted by Gasteiger charge is -2.11. The smallest absolute Gasteiger partial charge is 0.263 e. The number of aromatic amines is 1. The molecule has 2 N–H and O–H groups in total. The lowest BCUT2D eigenvalue weighted by Crippen LogP contribution is -2.12. The van der Waals surface area contributed by atoms with E-state index in [2.05, 4.69) is 19.9 Å². The van der Waals surface area contributed by atoms with Crippen LogP contribution >= 0.6 is 22.9 Å². The number of ether oxygens (including phenoxy) is 1. The molecule has 0 radical (unpaired) electrons. The number of hydrogen-bond acceptors (Lipinski definition) is 6. The van der Waals surface area contributed by atoms with Crippen LogP contribution in [0.3, 0.4) is 0 Å². The van der Waals surface area contributed by atoms with E-state index in [0.717, 1.165) is 11.1 Å². The Morgan fingerprint density at radius 2 is 1.96 bits per heavy atom. The van der Waals surface area contributed by atoms with Gasteiger partial charge in [0, 0.05) is 27.7 Å². The summed E-state index contributed by atoms with van der Waals surface area (Å²) in [6, 6.07) is 11.4. The zero-order chi connectivity index (χ0) is 19.6. The van der Waals surface area contributed by atoms with Gasteiger partial charge in [-0.1, -0.05) is 11.6 Å². The lowest BCUT2D eigenvalue weighted by molar-refractivity contribution is 0.484. The van der Waals surface area contributed by atoms with Gasteiger partial charge in [-0.2, -0.15) is 5.10 Å². The number of sulfonamides is 1. The molecule has 0 saturated carbocycles. The predicted molar refractivity (Wildman–Crippen MR) is 108 cm³/mol. The van der Waals surface area contributed by atoms with Crippen molar-refractivity contribution in [3.8, 4) is 22.6 Å². The van der Waals surface area contributed by atoms with Crippen LogP contribution in [0, 0.1) is 0 Å². The Morgan fingerprint density at radius 3 is 2.64 bits per heavy atom. The fraction of sp³-hybridized carbons (Fsp3) is 0. The quantitative estimate of drug-likeness (QED) is 0.457. The monoisotopic (exact) mass is 432 g/mol. The van der Waals surface area contributed by atoms with Crippen molar-refractivity contribution in [3.63, 3.8) is 0 Å². The zero-order valence-electron chi connectivity index (χ0n) is 14.2. The first-order valence-electron chi connectivity index (χ1n) is 7.99. The first kappa shape index (κ1) is 18.5. The second-order valence-electron chi connectivity index (χ2n) is 5.68. The van der Waals surface area contributed by atoms with Gasteiger partial charge in [-0.05, 0) is 42.5 Å². The van der Waals surface area contributed by atoms with Crippen molar-refractivity contribution < 1.29 is 13.2 Å². The summed E-state index contributed by atoms with van der Waals surface area (Å²) in [6.07, 6.45) is 3.40. The average molecular weight is 433 g/mol. The topological polar surface area (TPSA) is 97.0 Å². The third kappa shape index (κ3) is 4.01. The molecule has 28 heavy (non-hydrogen) atoms. The fourth-order valence-electron chi connectivity index (χ4n) is 2.49. The van der Waals surface area contributed by atoms with E-state index in [1.807, 2.05) is 0 Å². The molecule has 0 unspecified atom stereocenters. The number of thiazole rings is 1. The van der Waals surface area contributed by atoms with Gasteiger partial charge in [-0.3, -0.25) is 9.82 Å². The molecule has 0 amide bonds. The molecular formula is C18H13ClN4O3S2. The van der Waals surface area contributed by atoms with E-state index in [4.69, 9.17) is 16.3 Å². The van der Waals surface area contributed by atoms with Gasteiger partial charge >= 0.3 is 0 Å². The maximum Gasteiger partial charge on any atom is 0.263 e. The second-order valence-corrected chi connectivity index (χ2v) is 8.52. The minimum absolute atomic E-state index is 0.110. The van der Waals surface area contributed by atoms with Gasteiger partial charge in [0.1, 0.15) is 11.5 Å². The summed E-state index contributed by atoms with van der Waals surface area (Å²) in [7, 11) is -3.71. The first-order chi connectivity index (χ1) is 13.5. The maximum absolute atomic E-state index is 12.4. The Bertz CT molecular complexity index is 1180. The van der Waals surface area contributed by atoms with Crippen molar-refractivity contribution in [2.45, 2.75) is 4.90 Å². The molecule has 0 fully saturated rings. The number of benzene rings is 2. The van der Waals surface area contributed by atoms with Crippen molar-refractivity contribution >= 4 is 38.8 Å². The zero-order valence-corrected chi connectivity index (χ0v) is 16.6. The third-order valence-electron chi connectivity index (χ3n) is 3.78. The molecule has 142 valence electrons. The van der Waals surface area contributed by atoms with Crippen molar-refractivity contribution in [1.29, 1.82) is 0 Å². The number of halogens is 1. The average Bonchev–Trinajstić information content (AvgIpc) is 3.37. The molecule has 2 aromatic heterocycles. The van der Waals surface area contributed by atoms with Gasteiger partial charge in [0.25, 0.3) is 10.0 Å². The highest BCUT2D eigenvalue weighted by atomic mass is 35.5. The summed E-state index contributed by atoms with van der Waals surface area (Å²) in [6.45, 7) is 0. The fourth-order valence-corrected chi connectivity index (χ4v) is 4.22. The molecule has 7 nitrogen and oxygen atoms in total. The maximum atomic E-state index is 12.4. The van der Waals surface area contributed by atoms with Gasteiger partial charge in [0.15, 0.2) is 5.82 Å². The predicted octanol–water partition coefficient (Wildman–Crippen LogP) is 4.78. The summed E-state index contributed by atoms with van der Waals surface area (Å²) in [5.74, 6) is 1.35. The molecule has 0 bridgehead atoms. The van der Waals surface area contributed by atoms with Gasteiger partial charge in [-0.25, -0.2) is 13.4 Å². The number of anilines is 1. The number of H-pyrrole nitrogens is 1. The molecule has 4 aromatic rings. The minimum atomic E-state index is -3.71. The molecule has 0 aliphatic carbocycles. The molecule has 2 heterocycles. The summed E-state index contributed by atoms with van der Waals surface area (Å²) in [4.78, 5) is 4.04. The molecule has 0 aliphatic rings. The molecule has 4 rings (SSSR count). The SMILES string of the molecule is O=S(=O)(Nc1cscn1)c1ccc(Oc2ccc(Cl)cc2-c2cn[nH]c2)cc1. The van der Waals surface area contributed by atoms with Crippen LogP contribution in [0.25, 0.3) is 11.1 Å². The van der Waals surface area contributed by atoms with E-state index < -0.39 is 10.0 Å².